The normalized spacial score (nSPS) is 11.6. The molecule has 1 aromatic heterocycles. The molecule has 1 heterocycles. The quantitative estimate of drug-likeness (QED) is 0.646. The maximum absolute atomic E-state index is 12.1. The fourth-order valence-electron chi connectivity index (χ4n) is 1.70. The van der Waals surface area contributed by atoms with Crippen molar-refractivity contribution in [1.82, 2.24) is 0 Å². The first kappa shape index (κ1) is 14.1. The van der Waals surface area contributed by atoms with Crippen LogP contribution in [0.25, 0.3) is 10.1 Å². The summed E-state index contributed by atoms with van der Waals surface area (Å²) in [5.41, 5.74) is -0.111. The zero-order valence-electron chi connectivity index (χ0n) is 11.0. The fourth-order valence-corrected chi connectivity index (χ4v) is 2.74. The molecule has 2 rings (SSSR count). The van der Waals surface area contributed by atoms with Crippen molar-refractivity contribution in [3.8, 4) is 0 Å². The third kappa shape index (κ3) is 3.15. The maximum atomic E-state index is 12.1. The highest BCUT2D eigenvalue weighted by Crippen LogP contribution is 2.25. The van der Waals surface area contributed by atoms with Gasteiger partial charge in [0.25, 0.3) is 0 Å². The predicted molar refractivity (Wildman–Crippen MR) is 76.8 cm³/mol. The molecule has 0 aliphatic heterocycles. The molecule has 0 spiro atoms. The Labute approximate surface area is 115 Å². The molecule has 0 aliphatic rings. The number of esters is 1. The summed E-state index contributed by atoms with van der Waals surface area (Å²) in [5.74, 6) is -0.404. The Balaban J connectivity index is 2.46. The van der Waals surface area contributed by atoms with Gasteiger partial charge in [-0.25, -0.2) is 4.79 Å². The average molecular weight is 278 g/mol. The van der Waals surface area contributed by atoms with Gasteiger partial charge < -0.3 is 14.8 Å². The largest absolute Gasteiger partial charge is 0.499 e. The van der Waals surface area contributed by atoms with E-state index in [1.165, 1.54) is 11.3 Å². The molecule has 0 bridgehead atoms. The van der Waals surface area contributed by atoms with E-state index < -0.39 is 18.7 Å². The van der Waals surface area contributed by atoms with Crippen molar-refractivity contribution in [2.75, 3.05) is 0 Å². The summed E-state index contributed by atoms with van der Waals surface area (Å²) in [6.07, 6.45) is 0. The summed E-state index contributed by atoms with van der Waals surface area (Å²) in [6, 6.07) is 6.92. The van der Waals surface area contributed by atoms with Crippen molar-refractivity contribution in [1.29, 1.82) is 0 Å². The Hall–Kier alpha value is -1.37. The molecule has 6 heteroatoms. The lowest BCUT2D eigenvalue weighted by molar-refractivity contribution is 0.00720. The Bertz CT molecular complexity index is 613. The van der Waals surface area contributed by atoms with Gasteiger partial charge in [0.05, 0.1) is 5.56 Å². The van der Waals surface area contributed by atoms with E-state index in [2.05, 4.69) is 0 Å². The number of fused-ring (bicyclic) bond motifs is 1. The molecule has 0 fully saturated rings. The van der Waals surface area contributed by atoms with Crippen LogP contribution in [0.4, 0.5) is 0 Å². The van der Waals surface area contributed by atoms with E-state index in [9.17, 15) is 14.8 Å². The molecule has 2 N–H and O–H groups in total. The molecular formula is C13H15BO4S. The number of carbonyl (C=O) groups is 1. The highest BCUT2D eigenvalue weighted by molar-refractivity contribution is 7.28. The third-order valence-corrected chi connectivity index (χ3v) is 3.66. The summed E-state index contributed by atoms with van der Waals surface area (Å²) in [6.45, 7) is 5.42. The van der Waals surface area contributed by atoms with Crippen molar-refractivity contribution in [2.24, 2.45) is 0 Å². The zero-order valence-corrected chi connectivity index (χ0v) is 11.8. The van der Waals surface area contributed by atoms with E-state index in [1.54, 1.807) is 18.2 Å². The number of carbonyl (C=O) groups excluding carboxylic acids is 1. The van der Waals surface area contributed by atoms with Gasteiger partial charge in [0.2, 0.25) is 0 Å². The summed E-state index contributed by atoms with van der Waals surface area (Å²) in [7, 11) is -1.52. The lowest BCUT2D eigenvalue weighted by Gasteiger charge is -2.19. The van der Waals surface area contributed by atoms with Gasteiger partial charge in [0.1, 0.15) is 5.60 Å². The first-order chi connectivity index (χ1) is 8.78. The zero-order chi connectivity index (χ0) is 14.2. The van der Waals surface area contributed by atoms with Crippen LogP contribution < -0.4 is 4.78 Å². The summed E-state index contributed by atoms with van der Waals surface area (Å²) in [4.78, 5) is 12.1. The molecule has 0 saturated carbocycles. The van der Waals surface area contributed by atoms with Crippen molar-refractivity contribution < 1.29 is 19.6 Å². The molecular weight excluding hydrogens is 263 g/mol. The molecule has 0 radical (unpaired) electrons. The standard InChI is InChI=1S/C13H15BO4S/c1-13(2,3)18-12(15)9-6-4-5-8-7-10(14(16)17)19-11(8)9/h4-7,16-17H,1-3H3. The second-order valence-corrected chi connectivity index (χ2v) is 6.33. The van der Waals surface area contributed by atoms with E-state index in [4.69, 9.17) is 4.74 Å². The van der Waals surface area contributed by atoms with E-state index in [0.717, 1.165) is 5.39 Å². The molecule has 0 saturated heterocycles. The van der Waals surface area contributed by atoms with Gasteiger partial charge in [-0.05, 0) is 38.3 Å². The van der Waals surface area contributed by atoms with Gasteiger partial charge >= 0.3 is 13.1 Å². The fraction of sp³-hybridized carbons (Fsp3) is 0.308. The van der Waals surface area contributed by atoms with Gasteiger partial charge in [0.15, 0.2) is 0 Å². The van der Waals surface area contributed by atoms with Crippen LogP contribution in [0, 0.1) is 0 Å². The van der Waals surface area contributed by atoms with E-state index in [0.29, 0.717) is 15.0 Å². The highest BCUT2D eigenvalue weighted by atomic mass is 32.1. The van der Waals surface area contributed by atoms with Crippen LogP contribution >= 0.6 is 11.3 Å². The van der Waals surface area contributed by atoms with Gasteiger partial charge in [-0.3, -0.25) is 0 Å². The van der Waals surface area contributed by atoms with Crippen LogP contribution in [0.3, 0.4) is 0 Å². The van der Waals surface area contributed by atoms with Gasteiger partial charge in [-0.2, -0.15) is 0 Å². The topological polar surface area (TPSA) is 66.8 Å². The van der Waals surface area contributed by atoms with Crippen molar-refractivity contribution in [3.63, 3.8) is 0 Å². The molecule has 2 aromatic rings. The van der Waals surface area contributed by atoms with E-state index >= 15 is 0 Å². The summed E-state index contributed by atoms with van der Waals surface area (Å²) < 4.78 is 6.46. The number of ether oxygens (including phenoxy) is 1. The molecule has 19 heavy (non-hydrogen) atoms. The first-order valence-corrected chi connectivity index (χ1v) is 6.71. The SMILES string of the molecule is CC(C)(C)OC(=O)c1cccc2cc(B(O)O)sc12. The van der Waals surface area contributed by atoms with Gasteiger partial charge in [-0.1, -0.05) is 12.1 Å². The maximum Gasteiger partial charge on any atom is 0.499 e. The second kappa shape index (κ2) is 4.96. The minimum atomic E-state index is -1.52. The number of thiophene rings is 1. The van der Waals surface area contributed by atoms with Crippen LogP contribution in [0.1, 0.15) is 31.1 Å². The average Bonchev–Trinajstić information content (AvgIpc) is 2.69. The number of rotatable bonds is 2. The predicted octanol–water partition coefficient (Wildman–Crippen LogP) is 1.54. The van der Waals surface area contributed by atoms with Crippen molar-refractivity contribution >= 4 is 39.3 Å². The Morgan fingerprint density at radius 1 is 1.32 bits per heavy atom. The minimum Gasteiger partial charge on any atom is -0.456 e. The molecule has 0 unspecified atom stereocenters. The molecule has 100 valence electrons. The number of benzene rings is 1. The van der Waals surface area contributed by atoms with Crippen LogP contribution in [0.2, 0.25) is 0 Å². The third-order valence-electron chi connectivity index (χ3n) is 2.44. The molecule has 0 amide bonds. The van der Waals surface area contributed by atoms with E-state index in [1.807, 2.05) is 26.8 Å². The van der Waals surface area contributed by atoms with Crippen molar-refractivity contribution in [2.45, 2.75) is 26.4 Å². The van der Waals surface area contributed by atoms with Crippen molar-refractivity contribution in [3.05, 3.63) is 29.8 Å². The van der Waals surface area contributed by atoms with Crippen LogP contribution in [0.5, 0.6) is 0 Å². The lowest BCUT2D eigenvalue weighted by atomic mass is 9.89. The number of hydrogen-bond acceptors (Lipinski definition) is 5. The minimum absolute atomic E-state index is 0.404. The van der Waals surface area contributed by atoms with E-state index in [-0.39, 0.29) is 0 Å². The molecule has 0 atom stereocenters. The summed E-state index contributed by atoms with van der Waals surface area (Å²) in [5, 5.41) is 19.2. The Morgan fingerprint density at radius 3 is 2.58 bits per heavy atom. The smallest absolute Gasteiger partial charge is 0.456 e. The first-order valence-electron chi connectivity index (χ1n) is 5.90. The monoisotopic (exact) mass is 278 g/mol. The number of hydrogen-bond donors (Lipinski definition) is 2. The molecule has 0 aliphatic carbocycles. The van der Waals surface area contributed by atoms with Gasteiger partial charge in [0, 0.05) is 9.48 Å². The summed E-state index contributed by atoms with van der Waals surface area (Å²) >= 11 is 1.19. The van der Waals surface area contributed by atoms with Crippen LogP contribution in [-0.2, 0) is 4.74 Å². The van der Waals surface area contributed by atoms with Crippen LogP contribution in [0.15, 0.2) is 24.3 Å². The Kier molecular flexibility index (Phi) is 3.67. The lowest BCUT2D eigenvalue weighted by Crippen LogP contribution is -2.26. The van der Waals surface area contributed by atoms with Crippen LogP contribution in [-0.4, -0.2) is 28.7 Å². The van der Waals surface area contributed by atoms with Gasteiger partial charge in [-0.15, -0.1) is 11.3 Å². The Morgan fingerprint density at radius 2 is 2.00 bits per heavy atom. The second-order valence-electron chi connectivity index (χ2n) is 5.25. The molecule has 4 nitrogen and oxygen atoms in total. The highest BCUT2D eigenvalue weighted by Gasteiger charge is 2.22. The molecule has 1 aromatic carbocycles.